The topological polar surface area (TPSA) is 36.7 Å². The molecule has 0 saturated carbocycles. The lowest BCUT2D eigenvalue weighted by Gasteiger charge is -2.05. The summed E-state index contributed by atoms with van der Waals surface area (Å²) in [5.41, 5.74) is 6.32. The molecule has 28 heavy (non-hydrogen) atoms. The van der Waals surface area contributed by atoms with E-state index in [9.17, 15) is 5.26 Å². The highest BCUT2D eigenvalue weighted by Gasteiger charge is 2.09. The minimum Gasteiger partial charge on any atom is -0.235 e. The summed E-state index contributed by atoms with van der Waals surface area (Å²) < 4.78 is 0. The van der Waals surface area contributed by atoms with Gasteiger partial charge in [-0.05, 0) is 41.5 Å². The average Bonchev–Trinajstić information content (AvgIpc) is 3.21. The number of nitrogens with zero attached hydrogens (tertiary/aromatic N) is 2. The molecular weight excluding hydrogens is 360 g/mol. The first kappa shape index (κ1) is 20.0. The van der Waals surface area contributed by atoms with Crippen molar-refractivity contribution in [1.82, 2.24) is 4.98 Å². The van der Waals surface area contributed by atoms with Crippen molar-refractivity contribution in [1.29, 1.82) is 5.26 Å². The van der Waals surface area contributed by atoms with Crippen LogP contribution in [0.25, 0.3) is 22.9 Å². The zero-order valence-electron chi connectivity index (χ0n) is 16.8. The van der Waals surface area contributed by atoms with E-state index in [1.807, 2.05) is 11.5 Å². The van der Waals surface area contributed by atoms with Crippen LogP contribution in [-0.2, 0) is 6.42 Å². The van der Waals surface area contributed by atoms with Gasteiger partial charge in [-0.3, -0.25) is 0 Å². The van der Waals surface area contributed by atoms with E-state index in [-0.39, 0.29) is 0 Å². The van der Waals surface area contributed by atoms with Crippen LogP contribution in [0.15, 0.2) is 53.9 Å². The highest BCUT2D eigenvalue weighted by molar-refractivity contribution is 7.11. The molecule has 3 aromatic rings. The molecule has 0 radical (unpaired) electrons. The molecule has 0 unspecified atom stereocenters. The van der Waals surface area contributed by atoms with E-state index < -0.39 is 0 Å². The highest BCUT2D eigenvalue weighted by Crippen LogP contribution is 2.28. The number of aromatic nitrogens is 1. The molecule has 2 nitrogen and oxygen atoms in total. The minimum absolute atomic E-state index is 0.503. The van der Waals surface area contributed by atoms with Crippen LogP contribution in [0.4, 0.5) is 0 Å². The third-order valence-corrected chi connectivity index (χ3v) is 5.71. The Morgan fingerprint density at radius 2 is 1.82 bits per heavy atom. The molecule has 1 heterocycles. The van der Waals surface area contributed by atoms with Crippen LogP contribution in [0.5, 0.6) is 0 Å². The van der Waals surface area contributed by atoms with Crippen molar-refractivity contribution in [2.45, 2.75) is 46.0 Å². The fraction of sp³-hybridized carbons (Fsp3) is 0.280. The van der Waals surface area contributed by atoms with Gasteiger partial charge in [-0.2, -0.15) is 5.26 Å². The zero-order chi connectivity index (χ0) is 19.9. The standard InChI is InChI=1S/C25H26N2S/c1-4-5-6-19-7-13-22(14-8-19)24-17-28-25(27-24)23(16-26)15-20-9-11-21(12-10-20)18(2)3/h7-15,17-18H,4-6H2,1-3H3. The molecule has 0 bridgehead atoms. The molecular formula is C25H26N2S. The lowest BCUT2D eigenvalue weighted by Crippen LogP contribution is -1.87. The number of aryl methyl sites for hydroxylation is 1. The van der Waals surface area contributed by atoms with Crippen molar-refractivity contribution in [3.8, 4) is 17.3 Å². The molecule has 0 aliphatic rings. The number of rotatable bonds is 7. The Balaban J connectivity index is 1.80. The van der Waals surface area contributed by atoms with E-state index in [1.165, 1.54) is 35.3 Å². The molecule has 0 aliphatic carbocycles. The van der Waals surface area contributed by atoms with Crippen LogP contribution in [0.3, 0.4) is 0 Å². The van der Waals surface area contributed by atoms with E-state index in [0.29, 0.717) is 11.5 Å². The van der Waals surface area contributed by atoms with Crippen LogP contribution >= 0.6 is 11.3 Å². The maximum atomic E-state index is 9.63. The number of hydrogen-bond acceptors (Lipinski definition) is 3. The number of hydrogen-bond donors (Lipinski definition) is 0. The molecule has 3 heteroatoms. The highest BCUT2D eigenvalue weighted by atomic mass is 32.1. The first-order valence-electron chi connectivity index (χ1n) is 9.87. The number of allylic oxidation sites excluding steroid dienone is 1. The van der Waals surface area contributed by atoms with E-state index in [1.54, 1.807) is 0 Å². The van der Waals surface area contributed by atoms with Crippen LogP contribution in [0.1, 0.15) is 61.2 Å². The van der Waals surface area contributed by atoms with E-state index >= 15 is 0 Å². The maximum absolute atomic E-state index is 9.63. The van der Waals surface area contributed by atoms with Gasteiger partial charge in [-0.25, -0.2) is 4.98 Å². The van der Waals surface area contributed by atoms with Gasteiger partial charge in [0.25, 0.3) is 0 Å². The third-order valence-electron chi connectivity index (χ3n) is 4.84. The van der Waals surface area contributed by atoms with Crippen LogP contribution in [-0.4, -0.2) is 4.98 Å². The molecule has 2 aromatic carbocycles. The van der Waals surface area contributed by atoms with Gasteiger partial charge in [-0.15, -0.1) is 11.3 Å². The Bertz CT molecular complexity index is 971. The molecule has 0 saturated heterocycles. The smallest absolute Gasteiger partial charge is 0.134 e. The van der Waals surface area contributed by atoms with Crippen molar-refractivity contribution in [3.05, 3.63) is 75.6 Å². The first-order valence-corrected chi connectivity index (χ1v) is 10.8. The third kappa shape index (κ3) is 4.97. The molecule has 0 amide bonds. The quantitative estimate of drug-likeness (QED) is 0.398. The van der Waals surface area contributed by atoms with Gasteiger partial charge in [0, 0.05) is 10.9 Å². The summed E-state index contributed by atoms with van der Waals surface area (Å²) in [6.45, 7) is 6.57. The number of unbranched alkanes of at least 4 members (excludes halogenated alkanes) is 1. The van der Waals surface area contributed by atoms with Crippen LogP contribution in [0.2, 0.25) is 0 Å². The predicted octanol–water partition coefficient (Wildman–Crippen LogP) is 7.34. The number of thiazole rings is 1. The molecule has 3 rings (SSSR count). The van der Waals surface area contributed by atoms with Gasteiger partial charge in [0.2, 0.25) is 0 Å². The predicted molar refractivity (Wildman–Crippen MR) is 120 cm³/mol. The molecule has 142 valence electrons. The summed E-state index contributed by atoms with van der Waals surface area (Å²) in [6, 6.07) is 19.3. The number of benzene rings is 2. The minimum atomic E-state index is 0.503. The van der Waals surface area contributed by atoms with Crippen molar-refractivity contribution < 1.29 is 0 Å². The molecule has 0 aliphatic heterocycles. The second-order valence-corrected chi connectivity index (χ2v) is 8.19. The van der Waals surface area contributed by atoms with Gasteiger partial charge in [0.05, 0.1) is 11.3 Å². The SMILES string of the molecule is CCCCc1ccc(-c2csc(C(C#N)=Cc3ccc(C(C)C)cc3)n2)cc1. The summed E-state index contributed by atoms with van der Waals surface area (Å²) in [5.74, 6) is 0.503. The summed E-state index contributed by atoms with van der Waals surface area (Å²) in [5, 5.41) is 12.4. The fourth-order valence-electron chi connectivity index (χ4n) is 3.04. The zero-order valence-corrected chi connectivity index (χ0v) is 17.6. The van der Waals surface area contributed by atoms with Gasteiger partial charge >= 0.3 is 0 Å². The van der Waals surface area contributed by atoms with Gasteiger partial charge in [0.15, 0.2) is 0 Å². The first-order chi connectivity index (χ1) is 13.6. The van der Waals surface area contributed by atoms with E-state index in [2.05, 4.69) is 75.4 Å². The van der Waals surface area contributed by atoms with Crippen molar-refractivity contribution >= 4 is 23.0 Å². The Hall–Kier alpha value is -2.70. The second-order valence-electron chi connectivity index (χ2n) is 7.33. The van der Waals surface area contributed by atoms with Crippen LogP contribution in [0, 0.1) is 11.3 Å². The summed E-state index contributed by atoms with van der Waals surface area (Å²) >= 11 is 1.52. The average molecular weight is 387 g/mol. The Morgan fingerprint density at radius 1 is 1.11 bits per heavy atom. The van der Waals surface area contributed by atoms with Crippen LogP contribution < -0.4 is 0 Å². The normalized spacial score (nSPS) is 11.6. The Labute approximate surface area is 172 Å². The molecule has 0 N–H and O–H groups in total. The van der Waals surface area contributed by atoms with Gasteiger partial charge < -0.3 is 0 Å². The summed E-state index contributed by atoms with van der Waals surface area (Å²) in [7, 11) is 0. The lowest BCUT2D eigenvalue weighted by atomic mass is 10.0. The van der Waals surface area contributed by atoms with E-state index in [0.717, 1.165) is 28.2 Å². The number of nitriles is 1. The molecule has 1 aromatic heterocycles. The van der Waals surface area contributed by atoms with Crippen molar-refractivity contribution in [2.24, 2.45) is 0 Å². The summed E-state index contributed by atoms with van der Waals surface area (Å²) in [4.78, 5) is 4.71. The summed E-state index contributed by atoms with van der Waals surface area (Å²) in [6.07, 6.45) is 5.46. The fourth-order valence-corrected chi connectivity index (χ4v) is 3.83. The lowest BCUT2D eigenvalue weighted by molar-refractivity contribution is 0.795. The van der Waals surface area contributed by atoms with Gasteiger partial charge in [-0.1, -0.05) is 75.7 Å². The monoisotopic (exact) mass is 386 g/mol. The second kappa shape index (κ2) is 9.48. The molecule has 0 atom stereocenters. The van der Waals surface area contributed by atoms with E-state index in [4.69, 9.17) is 4.98 Å². The Kier molecular flexibility index (Phi) is 6.79. The van der Waals surface area contributed by atoms with Gasteiger partial charge in [0.1, 0.15) is 11.1 Å². The Morgan fingerprint density at radius 3 is 2.43 bits per heavy atom. The maximum Gasteiger partial charge on any atom is 0.134 e. The van der Waals surface area contributed by atoms with Crippen molar-refractivity contribution in [2.75, 3.05) is 0 Å². The van der Waals surface area contributed by atoms with Crippen molar-refractivity contribution in [3.63, 3.8) is 0 Å². The largest absolute Gasteiger partial charge is 0.235 e. The molecule has 0 spiro atoms. The molecule has 0 fully saturated rings.